The molecule has 25 heavy (non-hydrogen) atoms. The fourth-order valence-corrected chi connectivity index (χ4v) is 3.67. The first-order chi connectivity index (χ1) is 11.8. The van der Waals surface area contributed by atoms with Crippen LogP contribution in [0.4, 0.5) is 8.78 Å². The number of likely N-dealkylation sites (tertiary alicyclic amines) is 1. The number of aliphatic hydroxyl groups is 1. The van der Waals surface area contributed by atoms with Crippen LogP contribution in [-0.4, -0.2) is 45.1 Å². The number of nitrogens with zero attached hydrogens (tertiary/aromatic N) is 2. The number of aromatic nitrogens is 2. The summed E-state index contributed by atoms with van der Waals surface area (Å²) in [5.41, 5.74) is 0.396. The summed E-state index contributed by atoms with van der Waals surface area (Å²) < 4.78 is 29.9. The predicted molar refractivity (Wildman–Crippen MR) is 90.6 cm³/mol. The molecular weight excluding hydrogens is 352 g/mol. The smallest absolute Gasteiger partial charge is 0.280 e. The number of alkyl halides is 2. The SMILES string of the molecule is CCC(=O)N1CCC(C(F)(F)C(O)c2cc(Cl)cc3cn[nH]c23)CC1. The van der Waals surface area contributed by atoms with E-state index in [-0.39, 0.29) is 42.4 Å². The first-order valence-electron chi connectivity index (χ1n) is 8.30. The second kappa shape index (κ2) is 6.88. The molecule has 1 aromatic carbocycles. The van der Waals surface area contributed by atoms with Crippen molar-refractivity contribution in [2.75, 3.05) is 13.1 Å². The lowest BCUT2D eigenvalue weighted by atomic mass is 9.84. The molecule has 0 aliphatic carbocycles. The monoisotopic (exact) mass is 371 g/mol. The molecule has 1 unspecified atom stereocenters. The number of H-pyrrole nitrogens is 1. The molecule has 0 saturated carbocycles. The van der Waals surface area contributed by atoms with Gasteiger partial charge in [0.25, 0.3) is 5.92 Å². The zero-order chi connectivity index (χ0) is 18.2. The maximum absolute atomic E-state index is 14.9. The van der Waals surface area contributed by atoms with E-state index in [0.717, 1.165) is 0 Å². The Bertz CT molecular complexity index is 772. The molecular formula is C17H20ClF2N3O2. The van der Waals surface area contributed by atoms with Crippen molar-refractivity contribution in [2.24, 2.45) is 5.92 Å². The molecule has 1 fully saturated rings. The zero-order valence-electron chi connectivity index (χ0n) is 13.8. The van der Waals surface area contributed by atoms with Crippen molar-refractivity contribution in [1.82, 2.24) is 15.1 Å². The number of carbonyl (C=O) groups is 1. The lowest BCUT2D eigenvalue weighted by Gasteiger charge is -2.37. The van der Waals surface area contributed by atoms with Gasteiger partial charge >= 0.3 is 0 Å². The number of carbonyl (C=O) groups excluding carboxylic acids is 1. The van der Waals surface area contributed by atoms with E-state index < -0.39 is 17.9 Å². The van der Waals surface area contributed by atoms with E-state index in [1.165, 1.54) is 12.3 Å². The van der Waals surface area contributed by atoms with Gasteiger partial charge < -0.3 is 10.0 Å². The maximum Gasteiger partial charge on any atom is 0.280 e. The number of hydrogen-bond acceptors (Lipinski definition) is 3. The molecule has 2 N–H and O–H groups in total. The van der Waals surface area contributed by atoms with Gasteiger partial charge in [0, 0.05) is 41.4 Å². The lowest BCUT2D eigenvalue weighted by molar-refractivity contribution is -0.164. The van der Waals surface area contributed by atoms with Crippen LogP contribution in [0.3, 0.4) is 0 Å². The molecule has 1 aliphatic heterocycles. The largest absolute Gasteiger partial charge is 0.382 e. The van der Waals surface area contributed by atoms with Gasteiger partial charge in [-0.3, -0.25) is 9.89 Å². The van der Waals surface area contributed by atoms with Gasteiger partial charge in [-0.1, -0.05) is 18.5 Å². The topological polar surface area (TPSA) is 69.2 Å². The summed E-state index contributed by atoms with van der Waals surface area (Å²) in [6.45, 7) is 2.32. The van der Waals surface area contributed by atoms with Gasteiger partial charge in [0.1, 0.15) is 6.10 Å². The number of hydrogen-bond donors (Lipinski definition) is 2. The molecule has 1 aromatic heterocycles. The molecule has 2 heterocycles. The van der Waals surface area contributed by atoms with Crippen molar-refractivity contribution < 1.29 is 18.7 Å². The van der Waals surface area contributed by atoms with Crippen LogP contribution in [0.5, 0.6) is 0 Å². The summed E-state index contributed by atoms with van der Waals surface area (Å²) in [4.78, 5) is 13.3. The highest BCUT2D eigenvalue weighted by Gasteiger charge is 2.48. The van der Waals surface area contributed by atoms with Crippen LogP contribution < -0.4 is 0 Å². The molecule has 0 radical (unpaired) electrons. The molecule has 3 rings (SSSR count). The Labute approximate surface area is 149 Å². The summed E-state index contributed by atoms with van der Waals surface area (Å²) in [6, 6.07) is 2.94. The van der Waals surface area contributed by atoms with Gasteiger partial charge in [-0.25, -0.2) is 8.78 Å². The van der Waals surface area contributed by atoms with Crippen molar-refractivity contribution in [3.05, 3.63) is 28.9 Å². The second-order valence-corrected chi connectivity index (χ2v) is 6.85. The number of rotatable bonds is 4. The maximum atomic E-state index is 14.9. The fourth-order valence-electron chi connectivity index (χ4n) is 3.43. The van der Waals surface area contributed by atoms with E-state index in [1.54, 1.807) is 17.9 Å². The third-order valence-corrected chi connectivity index (χ3v) is 5.12. The first-order valence-corrected chi connectivity index (χ1v) is 8.68. The number of benzene rings is 1. The molecule has 1 saturated heterocycles. The normalized spacial score (nSPS) is 17.9. The molecule has 1 aliphatic rings. The minimum Gasteiger partial charge on any atom is -0.382 e. The van der Waals surface area contributed by atoms with Crippen LogP contribution in [0.15, 0.2) is 18.3 Å². The minimum absolute atomic E-state index is 0.0312. The highest BCUT2D eigenvalue weighted by atomic mass is 35.5. The van der Waals surface area contributed by atoms with Crippen molar-refractivity contribution in [3.63, 3.8) is 0 Å². The first kappa shape index (κ1) is 18.1. The fraction of sp³-hybridized carbons (Fsp3) is 0.529. The van der Waals surface area contributed by atoms with E-state index in [4.69, 9.17) is 11.6 Å². The minimum atomic E-state index is -3.33. The van der Waals surface area contributed by atoms with Crippen LogP contribution in [0.2, 0.25) is 5.02 Å². The van der Waals surface area contributed by atoms with E-state index in [2.05, 4.69) is 10.2 Å². The number of aliphatic hydroxyl groups excluding tert-OH is 1. The van der Waals surface area contributed by atoms with Gasteiger partial charge in [-0.2, -0.15) is 5.10 Å². The zero-order valence-corrected chi connectivity index (χ0v) is 14.6. The Morgan fingerprint density at radius 1 is 1.48 bits per heavy atom. The van der Waals surface area contributed by atoms with Gasteiger partial charge in [-0.05, 0) is 25.0 Å². The molecule has 136 valence electrons. The van der Waals surface area contributed by atoms with Gasteiger partial charge in [0.15, 0.2) is 0 Å². The Morgan fingerprint density at radius 3 is 2.80 bits per heavy atom. The summed E-state index contributed by atoms with van der Waals surface area (Å²) in [5, 5.41) is 17.7. The van der Waals surface area contributed by atoms with Gasteiger partial charge in [0.2, 0.25) is 5.91 Å². The van der Waals surface area contributed by atoms with Crippen molar-refractivity contribution in [2.45, 2.75) is 38.2 Å². The highest BCUT2D eigenvalue weighted by molar-refractivity contribution is 6.31. The quantitative estimate of drug-likeness (QED) is 0.863. The Hall–Kier alpha value is -1.73. The Morgan fingerprint density at radius 2 is 2.16 bits per heavy atom. The Kier molecular flexibility index (Phi) is 4.97. The average molecular weight is 372 g/mol. The van der Waals surface area contributed by atoms with Crippen molar-refractivity contribution >= 4 is 28.4 Å². The van der Waals surface area contributed by atoms with Crippen LogP contribution >= 0.6 is 11.6 Å². The number of piperidine rings is 1. The number of nitrogens with one attached hydrogen (secondary N) is 1. The summed E-state index contributed by atoms with van der Waals surface area (Å²) in [6.07, 6.45) is 0.159. The van der Waals surface area contributed by atoms with E-state index in [1.807, 2.05) is 0 Å². The van der Waals surface area contributed by atoms with Crippen molar-refractivity contribution in [1.29, 1.82) is 0 Å². The predicted octanol–water partition coefficient (Wildman–Crippen LogP) is 3.53. The van der Waals surface area contributed by atoms with Crippen molar-refractivity contribution in [3.8, 4) is 0 Å². The third kappa shape index (κ3) is 3.35. The van der Waals surface area contributed by atoms with Crippen LogP contribution in [-0.2, 0) is 4.79 Å². The van der Waals surface area contributed by atoms with Crippen LogP contribution in [0.25, 0.3) is 10.9 Å². The standard InChI is InChI=1S/C17H20ClF2N3O2/c1-2-14(24)23-5-3-11(4-6-23)17(19,20)16(25)13-8-12(18)7-10-9-21-22-15(10)13/h7-9,11,16,25H,2-6H2,1H3,(H,21,22). The Balaban J connectivity index is 1.82. The average Bonchev–Trinajstić information content (AvgIpc) is 3.08. The van der Waals surface area contributed by atoms with E-state index in [9.17, 15) is 18.7 Å². The number of halogens is 3. The molecule has 1 atom stereocenters. The van der Waals surface area contributed by atoms with E-state index >= 15 is 0 Å². The summed E-state index contributed by atoms with van der Waals surface area (Å²) in [7, 11) is 0. The number of fused-ring (bicyclic) bond motifs is 1. The van der Waals surface area contributed by atoms with Crippen LogP contribution in [0.1, 0.15) is 37.9 Å². The molecule has 0 spiro atoms. The number of amides is 1. The van der Waals surface area contributed by atoms with E-state index in [0.29, 0.717) is 17.3 Å². The summed E-state index contributed by atoms with van der Waals surface area (Å²) in [5.74, 6) is -4.36. The molecule has 1 amide bonds. The lowest BCUT2D eigenvalue weighted by Crippen LogP contribution is -2.45. The summed E-state index contributed by atoms with van der Waals surface area (Å²) >= 11 is 5.99. The molecule has 2 aromatic rings. The highest BCUT2D eigenvalue weighted by Crippen LogP contribution is 2.44. The van der Waals surface area contributed by atoms with Crippen LogP contribution in [0, 0.1) is 5.92 Å². The second-order valence-electron chi connectivity index (χ2n) is 6.41. The molecule has 0 bridgehead atoms. The third-order valence-electron chi connectivity index (χ3n) is 4.90. The molecule has 8 heteroatoms. The number of aromatic amines is 1. The molecule has 5 nitrogen and oxygen atoms in total. The van der Waals surface area contributed by atoms with Gasteiger partial charge in [-0.15, -0.1) is 0 Å². The van der Waals surface area contributed by atoms with Gasteiger partial charge in [0.05, 0.1) is 11.7 Å².